The third-order valence-electron chi connectivity index (χ3n) is 7.72. The zero-order valence-electron chi connectivity index (χ0n) is 28.8. The molecule has 8 heteroatoms. The molecule has 254 valence electrons. The second-order valence-corrected chi connectivity index (χ2v) is 11.9. The van der Waals surface area contributed by atoms with Gasteiger partial charge in [-0.2, -0.15) is 0 Å². The molecule has 46 heavy (non-hydrogen) atoms. The Morgan fingerprint density at radius 1 is 0.565 bits per heavy atom. The Morgan fingerprint density at radius 2 is 0.978 bits per heavy atom. The fourth-order valence-electron chi connectivity index (χ4n) is 5.15. The van der Waals surface area contributed by atoms with E-state index in [0.717, 1.165) is 71.2 Å². The van der Waals surface area contributed by atoms with Crippen molar-refractivity contribution in [3.8, 4) is 11.5 Å². The number of ether oxygens (including phenoxy) is 6. The molecule has 3 aromatic rings. The standard InChI is InChI=1S/C38H54O8/c1-7-11-13-19-41-23-29(45-35(39)9-3)25-43-37-31-17-15-28(6)22-34(31)38(32-18-16-27(5)21-33(32)37)44-26-30(46-36(40)10-4)24-42-20-14-12-8-2/h15-18,21-22,29-30H,7-14,19-20,23-26H2,1-6H3. The average Bonchev–Trinajstić information content (AvgIpc) is 3.05. The lowest BCUT2D eigenvalue weighted by atomic mass is 9.97. The highest BCUT2D eigenvalue weighted by molar-refractivity contribution is 6.11. The molecule has 3 rings (SSSR count). The molecule has 0 fully saturated rings. The van der Waals surface area contributed by atoms with Gasteiger partial charge in [-0.3, -0.25) is 9.59 Å². The van der Waals surface area contributed by atoms with Gasteiger partial charge in [-0.05, 0) is 38.8 Å². The van der Waals surface area contributed by atoms with Crippen molar-refractivity contribution >= 4 is 33.5 Å². The Hall–Kier alpha value is -3.36. The normalized spacial score (nSPS) is 12.7. The van der Waals surface area contributed by atoms with Crippen molar-refractivity contribution in [2.24, 2.45) is 0 Å². The summed E-state index contributed by atoms with van der Waals surface area (Å²) in [5.74, 6) is 0.808. The molecular formula is C38H54O8. The van der Waals surface area contributed by atoms with Crippen LogP contribution < -0.4 is 9.47 Å². The third-order valence-corrected chi connectivity index (χ3v) is 7.72. The van der Waals surface area contributed by atoms with Gasteiger partial charge in [-0.1, -0.05) is 88.8 Å². The van der Waals surface area contributed by atoms with Crippen LogP contribution in [-0.2, 0) is 28.5 Å². The Morgan fingerprint density at radius 3 is 1.35 bits per heavy atom. The molecule has 0 saturated carbocycles. The first-order valence-corrected chi connectivity index (χ1v) is 17.1. The van der Waals surface area contributed by atoms with Gasteiger partial charge in [-0.15, -0.1) is 0 Å². The van der Waals surface area contributed by atoms with E-state index in [4.69, 9.17) is 28.4 Å². The van der Waals surface area contributed by atoms with Crippen LogP contribution in [0.2, 0.25) is 0 Å². The van der Waals surface area contributed by atoms with Crippen molar-refractivity contribution < 1.29 is 38.0 Å². The van der Waals surface area contributed by atoms with Crippen LogP contribution in [0.3, 0.4) is 0 Å². The maximum absolute atomic E-state index is 12.3. The summed E-state index contributed by atoms with van der Waals surface area (Å²) in [4.78, 5) is 24.5. The molecule has 0 heterocycles. The number of benzene rings is 3. The van der Waals surface area contributed by atoms with Crippen LogP contribution in [0.1, 0.15) is 90.2 Å². The van der Waals surface area contributed by atoms with Gasteiger partial charge in [0.15, 0.2) is 12.2 Å². The van der Waals surface area contributed by atoms with E-state index in [1.807, 2.05) is 38.1 Å². The molecule has 2 unspecified atom stereocenters. The molecule has 0 bridgehead atoms. The van der Waals surface area contributed by atoms with E-state index in [1.54, 1.807) is 13.8 Å². The molecule has 0 radical (unpaired) electrons. The molecule has 0 aliphatic heterocycles. The van der Waals surface area contributed by atoms with Gasteiger partial charge >= 0.3 is 11.9 Å². The van der Waals surface area contributed by atoms with Gasteiger partial charge in [0.05, 0.1) is 13.2 Å². The minimum atomic E-state index is -0.545. The van der Waals surface area contributed by atoms with Gasteiger partial charge < -0.3 is 28.4 Å². The zero-order valence-corrected chi connectivity index (χ0v) is 28.8. The van der Waals surface area contributed by atoms with Gasteiger partial charge in [0.25, 0.3) is 0 Å². The fourth-order valence-corrected chi connectivity index (χ4v) is 5.15. The summed E-state index contributed by atoms with van der Waals surface area (Å²) in [5, 5.41) is 3.52. The molecule has 2 atom stereocenters. The van der Waals surface area contributed by atoms with Crippen molar-refractivity contribution in [2.45, 2.75) is 105 Å². The topological polar surface area (TPSA) is 89.5 Å². The summed E-state index contributed by atoms with van der Waals surface area (Å²) in [6, 6.07) is 12.3. The van der Waals surface area contributed by atoms with Gasteiger partial charge in [-0.25, -0.2) is 0 Å². The first-order valence-electron chi connectivity index (χ1n) is 17.1. The Labute approximate surface area is 275 Å². The van der Waals surface area contributed by atoms with Gasteiger partial charge in [0, 0.05) is 47.6 Å². The molecule has 0 N–H and O–H groups in total. The molecule has 0 spiro atoms. The second-order valence-electron chi connectivity index (χ2n) is 11.9. The Kier molecular flexibility index (Phi) is 16.1. The number of esters is 2. The van der Waals surface area contributed by atoms with Crippen molar-refractivity contribution in [1.82, 2.24) is 0 Å². The number of aryl methyl sites for hydroxylation is 2. The molecule has 8 nitrogen and oxygen atoms in total. The van der Waals surface area contributed by atoms with E-state index >= 15 is 0 Å². The largest absolute Gasteiger partial charge is 0.488 e. The minimum Gasteiger partial charge on any atom is -0.488 e. The lowest BCUT2D eigenvalue weighted by Gasteiger charge is -2.23. The van der Waals surface area contributed by atoms with Crippen LogP contribution in [0, 0.1) is 13.8 Å². The number of carbonyl (C=O) groups excluding carboxylic acids is 2. The first kappa shape index (κ1) is 37.1. The van der Waals surface area contributed by atoms with Gasteiger partial charge in [0.2, 0.25) is 0 Å². The monoisotopic (exact) mass is 638 g/mol. The smallest absolute Gasteiger partial charge is 0.305 e. The number of hydrogen-bond acceptors (Lipinski definition) is 8. The van der Waals surface area contributed by atoms with Crippen LogP contribution in [0.15, 0.2) is 36.4 Å². The van der Waals surface area contributed by atoms with Crippen LogP contribution in [0.5, 0.6) is 11.5 Å². The lowest BCUT2D eigenvalue weighted by Crippen LogP contribution is -2.30. The van der Waals surface area contributed by atoms with Crippen LogP contribution in [-0.4, -0.2) is 63.8 Å². The molecular weight excluding hydrogens is 584 g/mol. The summed E-state index contributed by atoms with van der Waals surface area (Å²) in [6.45, 7) is 14.0. The third kappa shape index (κ3) is 11.5. The highest BCUT2D eigenvalue weighted by Gasteiger charge is 2.22. The van der Waals surface area contributed by atoms with Crippen LogP contribution in [0.4, 0.5) is 0 Å². The van der Waals surface area contributed by atoms with E-state index in [9.17, 15) is 9.59 Å². The lowest BCUT2D eigenvalue weighted by molar-refractivity contribution is -0.154. The maximum atomic E-state index is 12.3. The highest BCUT2D eigenvalue weighted by atomic mass is 16.6. The van der Waals surface area contributed by atoms with Gasteiger partial charge in [0.1, 0.15) is 24.7 Å². The van der Waals surface area contributed by atoms with Crippen molar-refractivity contribution in [1.29, 1.82) is 0 Å². The molecule has 0 aromatic heterocycles. The predicted octanol–water partition coefficient (Wildman–Crippen LogP) is 8.42. The molecule has 0 amide bonds. The summed E-state index contributed by atoms with van der Waals surface area (Å²) in [5.41, 5.74) is 2.14. The van der Waals surface area contributed by atoms with E-state index < -0.39 is 12.2 Å². The van der Waals surface area contributed by atoms with Crippen molar-refractivity contribution in [3.05, 3.63) is 47.5 Å². The molecule has 0 aliphatic rings. The Balaban J connectivity index is 1.94. The predicted molar refractivity (Wildman–Crippen MR) is 183 cm³/mol. The summed E-state index contributed by atoms with van der Waals surface area (Å²) >= 11 is 0. The SMILES string of the molecule is CCCCCOCC(COc1c2ccc(C)cc2c(OCC(COCCCCC)OC(=O)CC)c2ccc(C)cc12)OC(=O)CC. The van der Waals surface area contributed by atoms with Crippen LogP contribution in [0.25, 0.3) is 21.5 Å². The van der Waals surface area contributed by atoms with Crippen molar-refractivity contribution in [2.75, 3.05) is 39.6 Å². The first-order chi connectivity index (χ1) is 22.3. The number of fused-ring (bicyclic) bond motifs is 2. The summed E-state index contributed by atoms with van der Waals surface area (Å²) in [7, 11) is 0. The second kappa shape index (κ2) is 20.0. The van der Waals surface area contributed by atoms with E-state index in [-0.39, 0.29) is 51.2 Å². The number of rotatable bonds is 22. The minimum absolute atomic E-state index is 0.149. The number of hydrogen-bond donors (Lipinski definition) is 0. The van der Waals surface area contributed by atoms with E-state index in [1.165, 1.54) is 0 Å². The van der Waals surface area contributed by atoms with E-state index in [0.29, 0.717) is 24.7 Å². The number of unbranched alkanes of at least 4 members (excludes halogenated alkanes) is 4. The molecule has 0 aliphatic carbocycles. The fraction of sp³-hybridized carbons (Fsp3) is 0.579. The maximum Gasteiger partial charge on any atom is 0.305 e. The zero-order chi connectivity index (χ0) is 33.3. The molecule has 0 saturated heterocycles. The van der Waals surface area contributed by atoms with E-state index in [2.05, 4.69) is 26.0 Å². The highest BCUT2D eigenvalue weighted by Crippen LogP contribution is 2.43. The summed E-state index contributed by atoms with van der Waals surface area (Å²) < 4.78 is 36.3. The van der Waals surface area contributed by atoms with Crippen LogP contribution >= 0.6 is 0 Å². The quantitative estimate of drug-likeness (QED) is 0.0616. The average molecular weight is 639 g/mol. The molecule has 3 aromatic carbocycles. The number of carbonyl (C=O) groups is 2. The van der Waals surface area contributed by atoms with Crippen molar-refractivity contribution in [3.63, 3.8) is 0 Å². The Bertz CT molecular complexity index is 1280. The summed E-state index contributed by atoms with van der Waals surface area (Å²) in [6.07, 6.45) is 5.79.